The van der Waals surface area contributed by atoms with Crippen LogP contribution in [0, 0.1) is 0 Å². The lowest BCUT2D eigenvalue weighted by molar-refractivity contribution is -0.123. The van der Waals surface area contributed by atoms with Crippen molar-refractivity contribution in [2.45, 2.75) is 328 Å². The van der Waals surface area contributed by atoms with Crippen molar-refractivity contribution in [3.8, 4) is 0 Å². The highest BCUT2D eigenvalue weighted by atomic mass is 16.3. The first kappa shape index (κ1) is 59.9. The molecule has 4 nitrogen and oxygen atoms in total. The zero-order valence-corrected chi connectivity index (χ0v) is 41.7. The van der Waals surface area contributed by atoms with E-state index in [1.165, 1.54) is 263 Å². The molecule has 0 saturated carbocycles. The molecule has 2 atom stereocenters. The van der Waals surface area contributed by atoms with E-state index in [1.807, 2.05) is 6.08 Å². The van der Waals surface area contributed by atoms with E-state index in [9.17, 15) is 15.0 Å². The molecule has 0 saturated heterocycles. The Bertz CT molecular complexity index is 886. The third kappa shape index (κ3) is 49.7. The normalized spacial score (nSPS) is 12.9. The fourth-order valence-electron chi connectivity index (χ4n) is 8.90. The van der Waals surface area contributed by atoms with Gasteiger partial charge in [-0.05, 0) is 32.1 Å². The molecule has 0 fully saturated rings. The smallest absolute Gasteiger partial charge is 0.220 e. The summed E-state index contributed by atoms with van der Waals surface area (Å²) in [5, 5.41) is 23.1. The number of unbranched alkanes of at least 4 members (excludes halogenated alkanes) is 43. The largest absolute Gasteiger partial charge is 0.394 e. The van der Waals surface area contributed by atoms with Gasteiger partial charge in [0, 0.05) is 6.42 Å². The third-order valence-electron chi connectivity index (χ3n) is 13.2. The van der Waals surface area contributed by atoms with E-state index in [2.05, 4.69) is 31.3 Å². The molecule has 0 aromatic carbocycles. The van der Waals surface area contributed by atoms with Crippen LogP contribution in [0.1, 0.15) is 316 Å². The molecule has 0 aliphatic heterocycles. The zero-order chi connectivity index (χ0) is 44.2. The van der Waals surface area contributed by atoms with E-state index in [1.54, 1.807) is 6.08 Å². The standard InChI is InChI=1S/C57H111NO3/c1-3-5-7-9-11-13-15-17-19-21-23-24-25-26-27-28-29-30-31-32-33-35-36-38-40-42-44-46-48-50-52-56(60)55(54-59)58-57(61)53-51-49-47-45-43-41-39-37-34-22-20-18-16-14-12-10-8-6-4-2/h42,44,50,52,55-56,59-60H,3-41,43,45-49,51,53-54H2,1-2H3,(H,58,61)/b44-42+,52-50+. The third-order valence-corrected chi connectivity index (χ3v) is 13.2. The average molecular weight is 859 g/mol. The van der Waals surface area contributed by atoms with Crippen molar-refractivity contribution in [2.24, 2.45) is 0 Å². The Labute approximate surface area is 383 Å². The summed E-state index contributed by atoms with van der Waals surface area (Å²) in [7, 11) is 0. The van der Waals surface area contributed by atoms with Gasteiger partial charge in [0.05, 0.1) is 18.8 Å². The first-order chi connectivity index (χ1) is 30.2. The molecule has 0 aromatic heterocycles. The van der Waals surface area contributed by atoms with Gasteiger partial charge in [0.1, 0.15) is 0 Å². The van der Waals surface area contributed by atoms with Crippen LogP contribution in [0.3, 0.4) is 0 Å². The Morgan fingerprint density at radius 2 is 0.639 bits per heavy atom. The fraction of sp³-hybridized carbons (Fsp3) is 0.912. The molecule has 1 amide bonds. The van der Waals surface area contributed by atoms with Crippen molar-refractivity contribution in [2.75, 3.05) is 6.61 Å². The predicted molar refractivity (Wildman–Crippen MR) is 272 cm³/mol. The SMILES string of the molecule is CCCCCCCCCCCCCCCCCCCCCCCCCC/C=C/CC/C=C/C(O)C(CO)NC(=O)CCCCCCCCCCCCCCCCCCCCC. The summed E-state index contributed by atoms with van der Waals surface area (Å²) in [6.45, 7) is 4.34. The molecule has 3 N–H and O–H groups in total. The summed E-state index contributed by atoms with van der Waals surface area (Å²) < 4.78 is 0. The topological polar surface area (TPSA) is 69.6 Å². The second-order valence-electron chi connectivity index (χ2n) is 19.4. The van der Waals surface area contributed by atoms with Gasteiger partial charge in [0.25, 0.3) is 0 Å². The van der Waals surface area contributed by atoms with Crippen molar-refractivity contribution in [3.05, 3.63) is 24.3 Å². The van der Waals surface area contributed by atoms with Gasteiger partial charge in [-0.25, -0.2) is 0 Å². The Balaban J connectivity index is 3.48. The molecular weight excluding hydrogens is 747 g/mol. The van der Waals surface area contributed by atoms with Gasteiger partial charge in [-0.3, -0.25) is 4.79 Å². The average Bonchev–Trinajstić information content (AvgIpc) is 3.26. The minimum absolute atomic E-state index is 0.0675. The lowest BCUT2D eigenvalue weighted by atomic mass is 10.0. The van der Waals surface area contributed by atoms with Crippen LogP contribution in [0.15, 0.2) is 24.3 Å². The maximum Gasteiger partial charge on any atom is 0.220 e. The molecular formula is C57H111NO3. The maximum atomic E-state index is 12.4. The number of aliphatic hydroxyl groups excluding tert-OH is 2. The molecule has 0 rings (SSSR count). The highest BCUT2D eigenvalue weighted by Gasteiger charge is 2.18. The van der Waals surface area contributed by atoms with Crippen LogP contribution in [0.2, 0.25) is 0 Å². The van der Waals surface area contributed by atoms with E-state index >= 15 is 0 Å². The Kier molecular flexibility index (Phi) is 52.2. The lowest BCUT2D eigenvalue weighted by Gasteiger charge is -2.19. The number of carbonyl (C=O) groups is 1. The molecule has 0 radical (unpaired) electrons. The zero-order valence-electron chi connectivity index (χ0n) is 41.7. The molecule has 362 valence electrons. The van der Waals surface area contributed by atoms with Crippen molar-refractivity contribution in [3.63, 3.8) is 0 Å². The van der Waals surface area contributed by atoms with E-state index in [4.69, 9.17) is 0 Å². The first-order valence-corrected chi connectivity index (χ1v) is 28.1. The summed E-state index contributed by atoms with van der Waals surface area (Å²) in [5.41, 5.74) is 0. The summed E-state index contributed by atoms with van der Waals surface area (Å²) in [5.74, 6) is -0.0675. The second-order valence-corrected chi connectivity index (χ2v) is 19.4. The molecule has 0 aliphatic carbocycles. The van der Waals surface area contributed by atoms with E-state index in [0.717, 1.165) is 32.1 Å². The monoisotopic (exact) mass is 858 g/mol. The highest BCUT2D eigenvalue weighted by Crippen LogP contribution is 2.18. The maximum absolute atomic E-state index is 12.4. The number of carbonyl (C=O) groups excluding carboxylic acids is 1. The van der Waals surface area contributed by atoms with E-state index in [0.29, 0.717) is 6.42 Å². The van der Waals surface area contributed by atoms with Crippen molar-refractivity contribution in [1.82, 2.24) is 5.32 Å². The molecule has 0 bridgehead atoms. The fourth-order valence-corrected chi connectivity index (χ4v) is 8.90. The number of amides is 1. The van der Waals surface area contributed by atoms with Gasteiger partial charge in [-0.1, -0.05) is 301 Å². The number of hydrogen-bond donors (Lipinski definition) is 3. The van der Waals surface area contributed by atoms with Gasteiger partial charge in [-0.15, -0.1) is 0 Å². The van der Waals surface area contributed by atoms with Gasteiger partial charge in [0.15, 0.2) is 0 Å². The number of hydrogen-bond acceptors (Lipinski definition) is 3. The highest BCUT2D eigenvalue weighted by molar-refractivity contribution is 5.76. The summed E-state index contributed by atoms with van der Waals surface area (Å²) in [6.07, 6.45) is 70.6. The Morgan fingerprint density at radius 3 is 0.951 bits per heavy atom. The van der Waals surface area contributed by atoms with E-state index in [-0.39, 0.29) is 12.5 Å². The first-order valence-electron chi connectivity index (χ1n) is 28.1. The number of allylic oxidation sites excluding steroid dienone is 3. The number of rotatable bonds is 52. The molecule has 0 heterocycles. The molecule has 0 aliphatic rings. The summed E-state index contributed by atoms with van der Waals surface area (Å²) in [4.78, 5) is 12.4. The van der Waals surface area contributed by atoms with Gasteiger partial charge in [-0.2, -0.15) is 0 Å². The van der Waals surface area contributed by atoms with Crippen molar-refractivity contribution < 1.29 is 15.0 Å². The number of nitrogens with one attached hydrogen (secondary N) is 1. The summed E-state index contributed by atoms with van der Waals surface area (Å²) in [6, 6.07) is -0.636. The molecule has 0 spiro atoms. The van der Waals surface area contributed by atoms with Crippen molar-refractivity contribution >= 4 is 5.91 Å². The minimum Gasteiger partial charge on any atom is -0.394 e. The van der Waals surface area contributed by atoms with Crippen LogP contribution < -0.4 is 5.32 Å². The van der Waals surface area contributed by atoms with Crippen LogP contribution in [0.25, 0.3) is 0 Å². The summed E-state index contributed by atoms with van der Waals surface area (Å²) >= 11 is 0. The number of aliphatic hydroxyl groups is 2. The second kappa shape index (κ2) is 53.2. The van der Waals surface area contributed by atoms with Crippen LogP contribution in [0.4, 0.5) is 0 Å². The lowest BCUT2D eigenvalue weighted by Crippen LogP contribution is -2.45. The quantitative estimate of drug-likeness (QED) is 0.0422. The minimum atomic E-state index is -0.859. The van der Waals surface area contributed by atoms with Crippen LogP contribution in [-0.2, 0) is 4.79 Å². The molecule has 0 aromatic rings. The van der Waals surface area contributed by atoms with Crippen LogP contribution in [0.5, 0.6) is 0 Å². The van der Waals surface area contributed by atoms with Gasteiger partial charge < -0.3 is 15.5 Å². The van der Waals surface area contributed by atoms with Gasteiger partial charge >= 0.3 is 0 Å². The van der Waals surface area contributed by atoms with E-state index < -0.39 is 12.1 Å². The van der Waals surface area contributed by atoms with Crippen molar-refractivity contribution in [1.29, 1.82) is 0 Å². The Hall–Kier alpha value is -1.13. The van der Waals surface area contributed by atoms with Gasteiger partial charge in [0.2, 0.25) is 5.91 Å². The molecule has 61 heavy (non-hydrogen) atoms. The molecule has 2 unspecified atom stereocenters. The predicted octanol–water partition coefficient (Wildman–Crippen LogP) is 18.3. The molecule has 4 heteroatoms. The Morgan fingerprint density at radius 1 is 0.377 bits per heavy atom. The van der Waals surface area contributed by atoms with Crippen LogP contribution >= 0.6 is 0 Å². The van der Waals surface area contributed by atoms with Crippen LogP contribution in [-0.4, -0.2) is 34.9 Å².